The first kappa shape index (κ1) is 24.6. The third-order valence-electron chi connectivity index (χ3n) is 4.98. The van der Waals surface area contributed by atoms with Gasteiger partial charge in [0.15, 0.2) is 17.3 Å². The minimum Gasteiger partial charge on any atom is -0.504 e. The van der Waals surface area contributed by atoms with Crippen LogP contribution in [0.15, 0.2) is 39.8 Å². The number of rotatable bonds is 11. The zero-order valence-corrected chi connectivity index (χ0v) is 19.1. The first-order valence-electron chi connectivity index (χ1n) is 10.4. The second kappa shape index (κ2) is 11.2. The van der Waals surface area contributed by atoms with Gasteiger partial charge in [-0.1, -0.05) is 6.07 Å². The lowest BCUT2D eigenvalue weighted by atomic mass is 9.91. The predicted molar refractivity (Wildman–Crippen MR) is 121 cm³/mol. The van der Waals surface area contributed by atoms with E-state index in [1.54, 1.807) is 20.1 Å². The third kappa shape index (κ3) is 5.84. The lowest BCUT2D eigenvalue weighted by molar-refractivity contribution is -0.121. The van der Waals surface area contributed by atoms with Crippen LogP contribution in [0.1, 0.15) is 29.4 Å². The molecule has 0 aliphatic rings. The van der Waals surface area contributed by atoms with Gasteiger partial charge in [0.25, 0.3) is 0 Å². The SMILES string of the molecule is COCn1ncnc1NCCNC(=O)C[C@H](c1ccc(O)c(OC)c1)c1oc(C)cc(=O)c1O. The van der Waals surface area contributed by atoms with Gasteiger partial charge < -0.3 is 34.7 Å². The summed E-state index contributed by atoms with van der Waals surface area (Å²) < 4.78 is 17.4. The van der Waals surface area contributed by atoms with Crippen LogP contribution in [0.25, 0.3) is 0 Å². The molecule has 1 amide bonds. The van der Waals surface area contributed by atoms with E-state index in [0.29, 0.717) is 23.8 Å². The Morgan fingerprint density at radius 2 is 2.03 bits per heavy atom. The van der Waals surface area contributed by atoms with Crippen LogP contribution in [0.3, 0.4) is 0 Å². The molecule has 3 aromatic rings. The number of aromatic nitrogens is 3. The van der Waals surface area contributed by atoms with Crippen LogP contribution in [0.2, 0.25) is 0 Å². The number of nitrogens with one attached hydrogen (secondary N) is 2. The Labute approximate surface area is 195 Å². The number of methoxy groups -OCH3 is 2. The fourth-order valence-electron chi connectivity index (χ4n) is 3.39. The van der Waals surface area contributed by atoms with Crippen LogP contribution in [-0.2, 0) is 16.3 Å². The molecule has 2 aromatic heterocycles. The lowest BCUT2D eigenvalue weighted by Crippen LogP contribution is -2.30. The van der Waals surface area contributed by atoms with Gasteiger partial charge in [-0.3, -0.25) is 9.59 Å². The summed E-state index contributed by atoms with van der Waals surface area (Å²) >= 11 is 0. The van der Waals surface area contributed by atoms with Gasteiger partial charge in [0, 0.05) is 32.7 Å². The molecule has 1 atom stereocenters. The van der Waals surface area contributed by atoms with Gasteiger partial charge in [-0.2, -0.15) is 10.1 Å². The molecule has 0 fully saturated rings. The molecule has 2 heterocycles. The lowest BCUT2D eigenvalue weighted by Gasteiger charge is -2.19. The van der Waals surface area contributed by atoms with E-state index in [4.69, 9.17) is 13.9 Å². The van der Waals surface area contributed by atoms with Gasteiger partial charge in [-0.15, -0.1) is 0 Å². The van der Waals surface area contributed by atoms with Crippen molar-refractivity contribution in [1.29, 1.82) is 0 Å². The maximum atomic E-state index is 12.8. The van der Waals surface area contributed by atoms with E-state index in [1.165, 1.54) is 36.3 Å². The van der Waals surface area contributed by atoms with Gasteiger partial charge in [-0.05, 0) is 24.6 Å². The van der Waals surface area contributed by atoms with Gasteiger partial charge in [0.05, 0.1) is 13.0 Å². The minimum absolute atomic E-state index is 0.0429. The summed E-state index contributed by atoms with van der Waals surface area (Å²) in [4.78, 5) is 29.0. The summed E-state index contributed by atoms with van der Waals surface area (Å²) in [6.07, 6.45) is 1.26. The second-order valence-electron chi connectivity index (χ2n) is 7.40. The molecule has 0 radical (unpaired) electrons. The number of hydrogen-bond donors (Lipinski definition) is 4. The maximum absolute atomic E-state index is 12.8. The Bertz CT molecular complexity index is 1190. The number of phenols is 1. The number of anilines is 1. The minimum atomic E-state index is -0.806. The van der Waals surface area contributed by atoms with Gasteiger partial charge in [0.2, 0.25) is 23.0 Å². The van der Waals surface area contributed by atoms with Crippen LogP contribution in [-0.4, -0.2) is 58.2 Å². The van der Waals surface area contributed by atoms with Gasteiger partial charge >= 0.3 is 0 Å². The van der Waals surface area contributed by atoms with Crippen LogP contribution in [0.5, 0.6) is 17.2 Å². The van der Waals surface area contributed by atoms with Crippen molar-refractivity contribution < 1.29 is 28.9 Å². The highest BCUT2D eigenvalue weighted by atomic mass is 16.5. The highest BCUT2D eigenvalue weighted by Crippen LogP contribution is 2.37. The molecule has 0 aliphatic heterocycles. The molecule has 34 heavy (non-hydrogen) atoms. The summed E-state index contributed by atoms with van der Waals surface area (Å²) in [5.74, 6) is -0.887. The van der Waals surface area contributed by atoms with E-state index in [-0.39, 0.29) is 42.9 Å². The monoisotopic (exact) mass is 473 g/mol. The first-order valence-corrected chi connectivity index (χ1v) is 10.4. The molecule has 4 N–H and O–H groups in total. The average Bonchev–Trinajstić information content (AvgIpc) is 3.25. The Morgan fingerprint density at radius 3 is 2.76 bits per heavy atom. The molecule has 0 saturated heterocycles. The van der Waals surface area contributed by atoms with Crippen LogP contribution in [0.4, 0.5) is 5.95 Å². The van der Waals surface area contributed by atoms with E-state index < -0.39 is 17.1 Å². The number of carbonyl (C=O) groups is 1. The van der Waals surface area contributed by atoms with Crippen molar-refractivity contribution in [2.24, 2.45) is 0 Å². The molecule has 0 unspecified atom stereocenters. The van der Waals surface area contributed by atoms with Crippen molar-refractivity contribution in [3.63, 3.8) is 0 Å². The van der Waals surface area contributed by atoms with Crippen molar-refractivity contribution in [2.75, 3.05) is 32.6 Å². The third-order valence-corrected chi connectivity index (χ3v) is 4.98. The molecule has 0 spiro atoms. The number of nitrogens with zero attached hydrogens (tertiary/aromatic N) is 3. The van der Waals surface area contributed by atoms with Crippen molar-refractivity contribution in [3.05, 3.63) is 57.9 Å². The number of aryl methyl sites for hydroxylation is 1. The first-order chi connectivity index (χ1) is 16.3. The number of benzene rings is 1. The maximum Gasteiger partial charge on any atom is 0.227 e. The zero-order valence-electron chi connectivity index (χ0n) is 19.1. The van der Waals surface area contributed by atoms with Crippen molar-refractivity contribution in [3.8, 4) is 17.2 Å². The number of amides is 1. The summed E-state index contributed by atoms with van der Waals surface area (Å²) in [7, 11) is 2.94. The summed E-state index contributed by atoms with van der Waals surface area (Å²) in [6, 6.07) is 5.67. The van der Waals surface area contributed by atoms with Crippen LogP contribution < -0.4 is 20.8 Å². The molecular weight excluding hydrogens is 446 g/mol. The van der Waals surface area contributed by atoms with E-state index in [2.05, 4.69) is 20.7 Å². The molecule has 0 aliphatic carbocycles. The number of aromatic hydroxyl groups is 2. The average molecular weight is 473 g/mol. The highest BCUT2D eigenvalue weighted by molar-refractivity contribution is 5.77. The number of ether oxygens (including phenoxy) is 2. The summed E-state index contributed by atoms with van der Waals surface area (Å²) in [5.41, 5.74) is -0.0982. The van der Waals surface area contributed by atoms with Gasteiger partial charge in [-0.25, -0.2) is 4.68 Å². The molecule has 182 valence electrons. The zero-order chi connectivity index (χ0) is 24.7. The highest BCUT2D eigenvalue weighted by Gasteiger charge is 2.26. The molecule has 1 aromatic carbocycles. The largest absolute Gasteiger partial charge is 0.504 e. The predicted octanol–water partition coefficient (Wildman–Crippen LogP) is 1.31. The van der Waals surface area contributed by atoms with Crippen LogP contribution >= 0.6 is 0 Å². The number of hydrogen-bond acceptors (Lipinski definition) is 10. The van der Waals surface area contributed by atoms with E-state index >= 15 is 0 Å². The molecular formula is C22H27N5O7. The fraction of sp³-hybridized carbons (Fsp3) is 0.364. The van der Waals surface area contributed by atoms with E-state index in [9.17, 15) is 19.8 Å². The quantitative estimate of drug-likeness (QED) is 0.299. The van der Waals surface area contributed by atoms with Crippen LogP contribution in [0, 0.1) is 6.92 Å². The molecule has 0 bridgehead atoms. The smallest absolute Gasteiger partial charge is 0.227 e. The molecule has 12 heteroatoms. The molecule has 3 rings (SSSR count). The molecule has 12 nitrogen and oxygen atoms in total. The summed E-state index contributed by atoms with van der Waals surface area (Å²) in [6.45, 7) is 2.45. The normalized spacial score (nSPS) is 11.7. The second-order valence-corrected chi connectivity index (χ2v) is 7.40. The van der Waals surface area contributed by atoms with Crippen molar-refractivity contribution in [1.82, 2.24) is 20.1 Å². The number of phenolic OH excluding ortho intramolecular Hbond substituents is 1. The fourth-order valence-corrected chi connectivity index (χ4v) is 3.39. The van der Waals surface area contributed by atoms with Crippen molar-refractivity contribution >= 4 is 11.9 Å². The van der Waals surface area contributed by atoms with E-state index in [1.807, 2.05) is 0 Å². The van der Waals surface area contributed by atoms with E-state index in [0.717, 1.165) is 0 Å². The Kier molecular flexibility index (Phi) is 8.09. The topological polar surface area (TPSA) is 161 Å². The Morgan fingerprint density at radius 1 is 1.24 bits per heavy atom. The Balaban J connectivity index is 1.75. The van der Waals surface area contributed by atoms with Gasteiger partial charge in [0.1, 0.15) is 18.8 Å². The summed E-state index contributed by atoms with van der Waals surface area (Å²) in [5, 5.41) is 30.2. The number of carbonyl (C=O) groups excluding carboxylic acids is 1. The Hall–Kier alpha value is -4.06. The molecule has 0 saturated carbocycles. The standard InChI is InChI=1S/C22H27N5O7/c1-13-8-17(29)20(31)21(34-13)15(14-4-5-16(28)18(9-14)33-3)10-19(30)23-6-7-24-22-25-11-26-27(22)12-32-2/h4-5,8-9,11,15,28,31H,6-7,10,12H2,1-3H3,(H,23,30)(H,24,25,26)/t15-/m1/s1. The van der Waals surface area contributed by atoms with Crippen molar-refractivity contribution in [2.45, 2.75) is 26.0 Å².